The molecule has 2 aromatic carbocycles. The Labute approximate surface area is 179 Å². The molecule has 0 spiro atoms. The Morgan fingerprint density at radius 3 is 2.50 bits per heavy atom. The third kappa shape index (κ3) is 5.48. The smallest absolute Gasteiger partial charge is 0.220 e. The number of hydrogen-bond acceptors (Lipinski definition) is 4. The molecule has 1 aliphatic carbocycles. The molecule has 0 aromatic heterocycles. The molecule has 1 atom stereocenters. The molecule has 5 heteroatoms. The van der Waals surface area contributed by atoms with Crippen LogP contribution in [-0.4, -0.2) is 44.3 Å². The fourth-order valence-electron chi connectivity index (χ4n) is 4.09. The van der Waals surface area contributed by atoms with Gasteiger partial charge in [-0.25, -0.2) is 0 Å². The van der Waals surface area contributed by atoms with Gasteiger partial charge in [-0.2, -0.15) is 0 Å². The predicted octanol–water partition coefficient (Wildman–Crippen LogP) is 3.96. The number of amides is 1. The lowest BCUT2D eigenvalue weighted by atomic mass is 9.89. The van der Waals surface area contributed by atoms with Crippen molar-refractivity contribution in [2.24, 2.45) is 0 Å². The van der Waals surface area contributed by atoms with Gasteiger partial charge in [-0.3, -0.25) is 9.59 Å². The van der Waals surface area contributed by atoms with E-state index in [1.54, 1.807) is 7.11 Å². The van der Waals surface area contributed by atoms with E-state index in [4.69, 9.17) is 4.74 Å². The van der Waals surface area contributed by atoms with Crippen molar-refractivity contribution in [3.05, 3.63) is 64.7 Å². The third-order valence-corrected chi connectivity index (χ3v) is 5.86. The highest BCUT2D eigenvalue weighted by Crippen LogP contribution is 2.27. The van der Waals surface area contributed by atoms with Crippen LogP contribution in [0, 0.1) is 0 Å². The van der Waals surface area contributed by atoms with Crippen LogP contribution in [0.5, 0.6) is 5.75 Å². The van der Waals surface area contributed by atoms with Gasteiger partial charge >= 0.3 is 0 Å². The maximum atomic E-state index is 12.6. The SMILES string of the molecule is COc1ccccc1C(CNC(=O)CCC(=O)c1ccc2c(c1)CCCC2)N(C)C. The topological polar surface area (TPSA) is 58.6 Å². The van der Waals surface area contributed by atoms with E-state index in [1.165, 1.54) is 24.0 Å². The lowest BCUT2D eigenvalue weighted by Gasteiger charge is -2.26. The van der Waals surface area contributed by atoms with Crippen molar-refractivity contribution >= 4 is 11.7 Å². The van der Waals surface area contributed by atoms with Gasteiger partial charge in [-0.1, -0.05) is 30.3 Å². The summed E-state index contributed by atoms with van der Waals surface area (Å²) in [5, 5.41) is 2.98. The summed E-state index contributed by atoms with van der Waals surface area (Å²) in [5.41, 5.74) is 4.41. The van der Waals surface area contributed by atoms with E-state index in [0.29, 0.717) is 6.54 Å². The van der Waals surface area contributed by atoms with Gasteiger partial charge in [0.1, 0.15) is 5.75 Å². The number of Topliss-reactive ketones (excluding diaryl/α,β-unsaturated/α-hetero) is 1. The number of nitrogens with zero attached hydrogens (tertiary/aromatic N) is 1. The zero-order valence-electron chi connectivity index (χ0n) is 18.2. The van der Waals surface area contributed by atoms with Crippen LogP contribution in [0.15, 0.2) is 42.5 Å². The number of nitrogens with one attached hydrogen (secondary N) is 1. The molecule has 1 unspecified atom stereocenters. The van der Waals surface area contributed by atoms with Gasteiger partial charge in [0.2, 0.25) is 5.91 Å². The molecular weight excluding hydrogens is 376 g/mol. The van der Waals surface area contributed by atoms with Crippen LogP contribution >= 0.6 is 0 Å². The second-order valence-corrected chi connectivity index (χ2v) is 8.14. The van der Waals surface area contributed by atoms with Crippen molar-refractivity contribution in [3.8, 4) is 5.75 Å². The molecule has 5 nitrogen and oxygen atoms in total. The standard InChI is InChI=1S/C25H32N2O3/c1-27(2)22(21-10-6-7-11-24(21)30-3)17-26-25(29)15-14-23(28)20-13-12-18-8-4-5-9-19(18)16-20/h6-7,10-13,16,22H,4-5,8-9,14-15,17H2,1-3H3,(H,26,29). The number of likely N-dealkylation sites (N-methyl/N-ethyl adjacent to an activating group) is 1. The molecule has 0 fully saturated rings. The van der Waals surface area contributed by atoms with Crippen LogP contribution in [0.2, 0.25) is 0 Å². The summed E-state index contributed by atoms with van der Waals surface area (Å²) in [4.78, 5) is 27.0. The highest BCUT2D eigenvalue weighted by atomic mass is 16.5. The number of benzene rings is 2. The van der Waals surface area contributed by atoms with Crippen LogP contribution in [0.4, 0.5) is 0 Å². The summed E-state index contributed by atoms with van der Waals surface area (Å²) in [6.07, 6.45) is 4.99. The molecule has 0 saturated carbocycles. The van der Waals surface area contributed by atoms with E-state index < -0.39 is 0 Å². The minimum Gasteiger partial charge on any atom is -0.496 e. The molecular formula is C25H32N2O3. The van der Waals surface area contributed by atoms with E-state index in [0.717, 1.165) is 29.7 Å². The number of carbonyl (C=O) groups is 2. The summed E-state index contributed by atoms with van der Waals surface area (Å²) in [6, 6.07) is 13.8. The molecule has 0 radical (unpaired) electrons. The first kappa shape index (κ1) is 22.0. The molecule has 3 rings (SSSR count). The van der Waals surface area contributed by atoms with E-state index in [2.05, 4.69) is 16.3 Å². The fourth-order valence-corrected chi connectivity index (χ4v) is 4.09. The minimum absolute atomic E-state index is 0.0125. The monoisotopic (exact) mass is 408 g/mol. The lowest BCUT2D eigenvalue weighted by molar-refractivity contribution is -0.121. The highest BCUT2D eigenvalue weighted by Gasteiger charge is 2.19. The van der Waals surface area contributed by atoms with E-state index in [9.17, 15) is 9.59 Å². The Bertz CT molecular complexity index is 892. The van der Waals surface area contributed by atoms with E-state index >= 15 is 0 Å². The van der Waals surface area contributed by atoms with Gasteiger partial charge in [-0.15, -0.1) is 0 Å². The Balaban J connectivity index is 1.54. The lowest BCUT2D eigenvalue weighted by Crippen LogP contribution is -2.34. The van der Waals surface area contributed by atoms with Crippen molar-refractivity contribution < 1.29 is 14.3 Å². The van der Waals surface area contributed by atoms with Gasteiger partial charge in [-0.05, 0) is 63.0 Å². The van der Waals surface area contributed by atoms with Gasteiger partial charge in [0.25, 0.3) is 0 Å². The first-order valence-corrected chi connectivity index (χ1v) is 10.7. The van der Waals surface area contributed by atoms with Crippen LogP contribution < -0.4 is 10.1 Å². The maximum Gasteiger partial charge on any atom is 0.220 e. The number of ketones is 1. The number of para-hydroxylation sites is 1. The van der Waals surface area contributed by atoms with Crippen molar-refractivity contribution in [2.75, 3.05) is 27.7 Å². The first-order valence-electron chi connectivity index (χ1n) is 10.7. The molecule has 1 amide bonds. The van der Waals surface area contributed by atoms with Gasteiger partial charge < -0.3 is 15.0 Å². The minimum atomic E-state index is -0.108. The number of fused-ring (bicyclic) bond motifs is 1. The van der Waals surface area contributed by atoms with Gasteiger partial charge in [0.15, 0.2) is 5.78 Å². The third-order valence-electron chi connectivity index (χ3n) is 5.86. The quantitative estimate of drug-likeness (QED) is 0.638. The number of carbonyl (C=O) groups excluding carboxylic acids is 2. The number of aryl methyl sites for hydroxylation is 2. The van der Waals surface area contributed by atoms with Crippen molar-refractivity contribution in [3.63, 3.8) is 0 Å². The van der Waals surface area contributed by atoms with Crippen molar-refractivity contribution in [1.82, 2.24) is 10.2 Å². The molecule has 1 aliphatic rings. The van der Waals surface area contributed by atoms with Gasteiger partial charge in [0.05, 0.1) is 13.2 Å². The predicted molar refractivity (Wildman–Crippen MR) is 119 cm³/mol. The summed E-state index contributed by atoms with van der Waals surface area (Å²) in [6.45, 7) is 0.458. The summed E-state index contributed by atoms with van der Waals surface area (Å²) in [7, 11) is 5.60. The fraction of sp³-hybridized carbons (Fsp3) is 0.440. The van der Waals surface area contributed by atoms with Crippen LogP contribution in [0.1, 0.15) is 58.8 Å². The molecule has 2 aromatic rings. The van der Waals surface area contributed by atoms with E-state index in [-0.39, 0.29) is 30.6 Å². The van der Waals surface area contributed by atoms with Crippen LogP contribution in [0.3, 0.4) is 0 Å². The number of ether oxygens (including phenoxy) is 1. The van der Waals surface area contributed by atoms with E-state index in [1.807, 2.05) is 50.5 Å². The zero-order chi connectivity index (χ0) is 21.5. The van der Waals surface area contributed by atoms with Crippen LogP contribution in [-0.2, 0) is 17.6 Å². The Hall–Kier alpha value is -2.66. The molecule has 160 valence electrons. The normalized spacial score (nSPS) is 14.1. The molecule has 0 aliphatic heterocycles. The maximum absolute atomic E-state index is 12.6. The molecule has 30 heavy (non-hydrogen) atoms. The number of rotatable bonds is 9. The second-order valence-electron chi connectivity index (χ2n) is 8.14. The molecule has 0 saturated heterocycles. The largest absolute Gasteiger partial charge is 0.496 e. The summed E-state index contributed by atoms with van der Waals surface area (Å²) >= 11 is 0. The zero-order valence-corrected chi connectivity index (χ0v) is 18.2. The summed E-state index contributed by atoms with van der Waals surface area (Å²) < 4.78 is 5.47. The average Bonchev–Trinajstić information content (AvgIpc) is 2.77. The van der Waals surface area contributed by atoms with Crippen LogP contribution in [0.25, 0.3) is 0 Å². The second kappa shape index (κ2) is 10.4. The molecule has 1 N–H and O–H groups in total. The summed E-state index contributed by atoms with van der Waals surface area (Å²) in [5.74, 6) is 0.725. The average molecular weight is 409 g/mol. The Morgan fingerprint density at radius 2 is 1.77 bits per heavy atom. The highest BCUT2D eigenvalue weighted by molar-refractivity contribution is 5.98. The Morgan fingerprint density at radius 1 is 1.03 bits per heavy atom. The number of hydrogen-bond donors (Lipinski definition) is 1. The Kier molecular flexibility index (Phi) is 7.63. The van der Waals surface area contributed by atoms with Gasteiger partial charge in [0, 0.05) is 30.5 Å². The molecule has 0 heterocycles. The van der Waals surface area contributed by atoms with Crippen molar-refractivity contribution in [2.45, 2.75) is 44.6 Å². The molecule has 0 bridgehead atoms. The number of methoxy groups -OCH3 is 1. The first-order chi connectivity index (χ1) is 14.5. The van der Waals surface area contributed by atoms with Crippen molar-refractivity contribution in [1.29, 1.82) is 0 Å².